The smallest absolute Gasteiger partial charge is 0.223 e. The second kappa shape index (κ2) is 5.95. The molecule has 1 aliphatic heterocycles. The van der Waals surface area contributed by atoms with Crippen LogP contribution in [0.3, 0.4) is 0 Å². The Labute approximate surface area is 114 Å². The molecule has 1 aliphatic rings. The van der Waals surface area contributed by atoms with Crippen molar-refractivity contribution in [1.82, 2.24) is 5.32 Å². The zero-order valence-corrected chi connectivity index (χ0v) is 11.7. The highest BCUT2D eigenvalue weighted by Gasteiger charge is 2.17. The Balaban J connectivity index is 2.07. The quantitative estimate of drug-likeness (QED) is 0.908. The Morgan fingerprint density at radius 1 is 1.26 bits per heavy atom. The largest absolute Gasteiger partial charge is 0.486 e. The van der Waals surface area contributed by atoms with E-state index < -0.39 is 0 Å². The van der Waals surface area contributed by atoms with Gasteiger partial charge in [-0.25, -0.2) is 0 Å². The first kappa shape index (κ1) is 13.7. The normalized spacial score (nSPS) is 16.6. The Morgan fingerprint density at radius 2 is 1.95 bits per heavy atom. The van der Waals surface area contributed by atoms with Crippen molar-refractivity contribution in [3.63, 3.8) is 0 Å². The molecule has 0 aliphatic carbocycles. The zero-order valence-electron chi connectivity index (χ0n) is 11.7. The molecule has 104 valence electrons. The molecule has 4 nitrogen and oxygen atoms in total. The van der Waals surface area contributed by atoms with E-state index in [1.54, 1.807) is 0 Å². The number of carbonyl (C=O) groups excluding carboxylic acids is 1. The van der Waals surface area contributed by atoms with Crippen molar-refractivity contribution in [2.45, 2.75) is 33.2 Å². The highest BCUT2D eigenvalue weighted by Crippen LogP contribution is 2.32. The van der Waals surface area contributed by atoms with Crippen LogP contribution in [-0.4, -0.2) is 19.1 Å². The fourth-order valence-electron chi connectivity index (χ4n) is 1.95. The number of amides is 1. The Bertz CT molecular complexity index is 459. The van der Waals surface area contributed by atoms with Gasteiger partial charge in [0.1, 0.15) is 13.2 Å². The van der Waals surface area contributed by atoms with Crippen LogP contribution in [0, 0.1) is 5.92 Å². The van der Waals surface area contributed by atoms with Gasteiger partial charge in [-0.05, 0) is 31.0 Å². The molecule has 2 rings (SSSR count). The lowest BCUT2D eigenvalue weighted by Crippen LogP contribution is -2.31. The molecule has 0 fully saturated rings. The van der Waals surface area contributed by atoms with Crippen LogP contribution < -0.4 is 14.8 Å². The van der Waals surface area contributed by atoms with Crippen molar-refractivity contribution >= 4 is 5.91 Å². The summed E-state index contributed by atoms with van der Waals surface area (Å²) in [7, 11) is 0. The molecular formula is C15H21NO3. The summed E-state index contributed by atoms with van der Waals surface area (Å²) in [5.41, 5.74) is 1.03. The molecule has 0 radical (unpaired) electrons. The van der Waals surface area contributed by atoms with Gasteiger partial charge >= 0.3 is 0 Å². The van der Waals surface area contributed by atoms with E-state index in [2.05, 4.69) is 5.32 Å². The topological polar surface area (TPSA) is 47.6 Å². The van der Waals surface area contributed by atoms with E-state index in [4.69, 9.17) is 9.47 Å². The Kier molecular flexibility index (Phi) is 4.30. The molecule has 0 saturated carbocycles. The number of hydrogen-bond donors (Lipinski definition) is 1. The number of carbonyl (C=O) groups is 1. The number of hydrogen-bond acceptors (Lipinski definition) is 3. The van der Waals surface area contributed by atoms with Gasteiger partial charge in [0.15, 0.2) is 11.5 Å². The Hall–Kier alpha value is -1.71. The molecule has 1 aromatic carbocycles. The molecule has 19 heavy (non-hydrogen) atoms. The molecule has 0 saturated heterocycles. The van der Waals surface area contributed by atoms with Crippen molar-refractivity contribution in [2.24, 2.45) is 5.92 Å². The van der Waals surface area contributed by atoms with Gasteiger partial charge in [-0.3, -0.25) is 4.79 Å². The van der Waals surface area contributed by atoms with Crippen LogP contribution in [0.15, 0.2) is 18.2 Å². The molecule has 2 atom stereocenters. The summed E-state index contributed by atoms with van der Waals surface area (Å²) in [5.74, 6) is 1.66. The second-order valence-electron chi connectivity index (χ2n) is 4.94. The highest BCUT2D eigenvalue weighted by molar-refractivity contribution is 5.78. The van der Waals surface area contributed by atoms with E-state index in [1.807, 2.05) is 39.0 Å². The minimum Gasteiger partial charge on any atom is -0.486 e. The fourth-order valence-corrected chi connectivity index (χ4v) is 1.95. The molecule has 1 N–H and O–H groups in total. The van der Waals surface area contributed by atoms with Crippen LogP contribution in [-0.2, 0) is 4.79 Å². The summed E-state index contributed by atoms with van der Waals surface area (Å²) in [5, 5.41) is 3.02. The van der Waals surface area contributed by atoms with Crippen LogP contribution in [0.5, 0.6) is 11.5 Å². The van der Waals surface area contributed by atoms with Gasteiger partial charge in [0.05, 0.1) is 6.04 Å². The van der Waals surface area contributed by atoms with Crippen LogP contribution in [0.1, 0.15) is 38.8 Å². The number of benzene rings is 1. The van der Waals surface area contributed by atoms with Crippen molar-refractivity contribution in [1.29, 1.82) is 0 Å². The summed E-state index contributed by atoms with van der Waals surface area (Å²) >= 11 is 0. The van der Waals surface area contributed by atoms with Crippen LogP contribution >= 0.6 is 0 Å². The number of fused-ring (bicyclic) bond motifs is 1. The van der Waals surface area contributed by atoms with Crippen LogP contribution in [0.25, 0.3) is 0 Å². The van der Waals surface area contributed by atoms with Crippen LogP contribution in [0.4, 0.5) is 0 Å². The van der Waals surface area contributed by atoms with Crippen molar-refractivity contribution in [3.8, 4) is 11.5 Å². The predicted octanol–water partition coefficient (Wildman–Crippen LogP) is 2.68. The third-order valence-corrected chi connectivity index (χ3v) is 3.48. The minimum atomic E-state index is -0.0303. The van der Waals surface area contributed by atoms with E-state index in [0.29, 0.717) is 13.2 Å². The van der Waals surface area contributed by atoms with Crippen molar-refractivity contribution in [2.75, 3.05) is 13.2 Å². The molecule has 0 aromatic heterocycles. The van der Waals surface area contributed by atoms with Gasteiger partial charge in [-0.15, -0.1) is 0 Å². The Morgan fingerprint density at radius 3 is 2.63 bits per heavy atom. The number of ether oxygens (including phenoxy) is 2. The molecule has 2 unspecified atom stereocenters. The lowest BCUT2D eigenvalue weighted by atomic mass is 10.0. The van der Waals surface area contributed by atoms with Gasteiger partial charge in [0.25, 0.3) is 0 Å². The first-order valence-electron chi connectivity index (χ1n) is 6.81. The number of rotatable bonds is 4. The lowest BCUT2D eigenvalue weighted by molar-refractivity contribution is -0.125. The van der Waals surface area contributed by atoms with Gasteiger partial charge in [0.2, 0.25) is 5.91 Å². The van der Waals surface area contributed by atoms with E-state index in [-0.39, 0.29) is 17.9 Å². The van der Waals surface area contributed by atoms with Gasteiger partial charge < -0.3 is 14.8 Å². The summed E-state index contributed by atoms with van der Waals surface area (Å²) in [6.45, 7) is 7.09. The average Bonchev–Trinajstić information content (AvgIpc) is 2.45. The second-order valence-corrected chi connectivity index (χ2v) is 4.94. The molecule has 0 spiro atoms. The SMILES string of the molecule is CCC(C)C(=O)NC(C)c1ccc2c(c1)OCCO2. The molecular weight excluding hydrogens is 242 g/mol. The fraction of sp³-hybridized carbons (Fsp3) is 0.533. The van der Waals surface area contributed by atoms with E-state index in [0.717, 1.165) is 23.5 Å². The van der Waals surface area contributed by atoms with Crippen LogP contribution in [0.2, 0.25) is 0 Å². The van der Waals surface area contributed by atoms with Gasteiger partial charge in [-0.1, -0.05) is 19.9 Å². The van der Waals surface area contributed by atoms with Gasteiger partial charge in [0, 0.05) is 5.92 Å². The summed E-state index contributed by atoms with van der Waals surface area (Å²) in [6, 6.07) is 5.78. The third-order valence-electron chi connectivity index (χ3n) is 3.48. The molecule has 1 heterocycles. The van der Waals surface area contributed by atoms with E-state index in [1.165, 1.54) is 0 Å². The monoisotopic (exact) mass is 263 g/mol. The van der Waals surface area contributed by atoms with E-state index >= 15 is 0 Å². The maximum atomic E-state index is 11.9. The number of nitrogens with one attached hydrogen (secondary N) is 1. The average molecular weight is 263 g/mol. The van der Waals surface area contributed by atoms with Crippen molar-refractivity contribution in [3.05, 3.63) is 23.8 Å². The summed E-state index contributed by atoms with van der Waals surface area (Å²) in [4.78, 5) is 11.9. The van der Waals surface area contributed by atoms with E-state index in [9.17, 15) is 4.79 Å². The zero-order chi connectivity index (χ0) is 13.8. The summed E-state index contributed by atoms with van der Waals surface area (Å²) in [6.07, 6.45) is 0.847. The maximum Gasteiger partial charge on any atom is 0.223 e. The van der Waals surface area contributed by atoms with Crippen molar-refractivity contribution < 1.29 is 14.3 Å². The molecule has 0 bridgehead atoms. The lowest BCUT2D eigenvalue weighted by Gasteiger charge is -2.21. The molecule has 1 amide bonds. The highest BCUT2D eigenvalue weighted by atomic mass is 16.6. The standard InChI is InChI=1S/C15H21NO3/c1-4-10(2)15(17)16-11(3)12-5-6-13-14(9-12)19-8-7-18-13/h5-6,9-11H,4,7-8H2,1-3H3,(H,16,17). The predicted molar refractivity (Wildman–Crippen MR) is 73.4 cm³/mol. The first-order valence-corrected chi connectivity index (χ1v) is 6.81. The third kappa shape index (κ3) is 3.19. The molecule has 4 heteroatoms. The minimum absolute atomic E-state index is 0.0303. The summed E-state index contributed by atoms with van der Waals surface area (Å²) < 4.78 is 11.0. The molecule has 1 aromatic rings. The van der Waals surface area contributed by atoms with Gasteiger partial charge in [-0.2, -0.15) is 0 Å². The first-order chi connectivity index (χ1) is 9.11. The maximum absolute atomic E-state index is 11.9.